The zero-order valence-electron chi connectivity index (χ0n) is 44.0. The smallest absolute Gasteiger partial charge is 0.490 e. The van der Waals surface area contributed by atoms with Gasteiger partial charge in [-0.05, 0) is 122 Å². The second-order valence-electron chi connectivity index (χ2n) is 17.0. The lowest BCUT2D eigenvalue weighted by atomic mass is 10.0. The molecule has 0 radical (unpaired) electrons. The van der Waals surface area contributed by atoms with Crippen LogP contribution in [0.3, 0.4) is 0 Å². The number of hydrogen-bond donors (Lipinski definition) is 4. The quantitative estimate of drug-likeness (QED) is 0.0228. The van der Waals surface area contributed by atoms with Crippen LogP contribution in [0, 0.1) is 27.7 Å². The maximum Gasteiger partial charge on any atom is 0.490 e. The van der Waals surface area contributed by atoms with Crippen LogP contribution in [-0.2, 0) is 36.7 Å². The largest absolute Gasteiger partial charge is 0.496 e. The number of carboxylic acid groups (broad SMARTS) is 1. The van der Waals surface area contributed by atoms with Gasteiger partial charge in [0, 0.05) is 78.7 Å². The number of hydrogen-bond acceptors (Lipinski definition) is 14. The molecule has 0 saturated carbocycles. The maximum atomic E-state index is 13.4. The topological polar surface area (TPSA) is 240 Å². The first-order chi connectivity index (χ1) is 35.4. The molecule has 4 atom stereocenters. The minimum absolute atomic E-state index is 0.0130. The molecule has 75 heavy (non-hydrogen) atoms. The SMILES string of the molecule is COCCOC(C)C(C)n1c(C)c(C(=O)CCc2c(OC)cc(C)[nH]c2=O)c2cccnc21.COCCOC(C)C(C)n1c(C)c(C(=O)Cl)c2cccnc21.COc1cc(C)[nH]c(=O)c1CNCl.O=C(O)C(F)(F)F. The molecule has 0 amide bonds. The number of carboxylic acids is 1. The van der Waals surface area contributed by atoms with Crippen LogP contribution in [0.5, 0.6) is 11.5 Å². The Balaban J connectivity index is 0.000000301. The molecule has 4 N–H and O–H groups in total. The van der Waals surface area contributed by atoms with Gasteiger partial charge in [-0.1, -0.05) is 0 Å². The number of aromatic nitrogens is 6. The second-order valence-corrected chi connectivity index (χ2v) is 17.6. The van der Waals surface area contributed by atoms with E-state index in [1.807, 2.05) is 57.4 Å². The van der Waals surface area contributed by atoms with Gasteiger partial charge in [-0.15, -0.1) is 0 Å². The number of pyridine rings is 4. The van der Waals surface area contributed by atoms with E-state index in [-0.39, 0.29) is 60.6 Å². The Morgan fingerprint density at radius 2 is 1.13 bits per heavy atom. The van der Waals surface area contributed by atoms with Gasteiger partial charge in [0.05, 0.1) is 81.6 Å². The number of alkyl halides is 3. The number of halogens is 5. The van der Waals surface area contributed by atoms with E-state index in [9.17, 15) is 32.3 Å². The number of fused-ring (bicyclic) bond motifs is 2. The third-order valence-corrected chi connectivity index (χ3v) is 12.3. The first-order valence-corrected chi connectivity index (χ1v) is 24.2. The molecule has 24 heteroatoms. The van der Waals surface area contributed by atoms with Crippen LogP contribution in [0.2, 0.25) is 0 Å². The van der Waals surface area contributed by atoms with Crippen molar-refractivity contribution in [1.82, 2.24) is 33.9 Å². The van der Waals surface area contributed by atoms with Gasteiger partial charge in [0.2, 0.25) is 0 Å². The highest BCUT2D eigenvalue weighted by Gasteiger charge is 2.38. The standard InChI is InChI=1S/C25H33N3O5.C16H21ClN2O3.C8H11ClN2O2.C2HF3O2/c1-15-14-22(32-6)19(25(30)27-15)9-10-21(29)23-17(3)28(24-20(23)8-7-11-26-24)16(2)18(4)33-13-12-31-5;1-10(12(3)22-9-8-21-4)19-11(2)14(15(17)20)13-6-5-7-18-16(13)19;1-5-3-7(13-2)6(4-10-9)8(12)11-5;3-2(4,5)1(6)7/h7-8,11,14,16,18H,9-10,12-13H2,1-6H3,(H,27,30);5-7,10,12H,8-9H2,1-4H3;3,10H,4H2,1-2H3,(H,11,12);(H,6,7). The molecule has 0 saturated heterocycles. The number of ketones is 1. The van der Waals surface area contributed by atoms with Crippen LogP contribution in [-0.4, -0.2) is 124 Å². The Hall–Kier alpha value is -6.14. The number of ether oxygens (including phenoxy) is 6. The molecule has 0 spiro atoms. The number of H-pyrrole nitrogens is 2. The van der Waals surface area contributed by atoms with Crippen molar-refractivity contribution in [2.75, 3.05) is 54.9 Å². The number of carbonyl (C=O) groups is 3. The number of nitrogens with one attached hydrogen (secondary N) is 3. The molecule has 19 nitrogen and oxygen atoms in total. The third kappa shape index (κ3) is 16.9. The highest BCUT2D eigenvalue weighted by Crippen LogP contribution is 2.33. The van der Waals surface area contributed by atoms with Crippen molar-refractivity contribution in [2.45, 2.75) is 105 Å². The number of nitrogens with zero attached hydrogens (tertiary/aromatic N) is 4. The molecular formula is C51H66Cl2F3N7O12. The molecule has 0 aliphatic carbocycles. The zero-order valence-corrected chi connectivity index (χ0v) is 45.5. The molecule has 6 heterocycles. The van der Waals surface area contributed by atoms with Crippen molar-refractivity contribution in [3.05, 3.63) is 115 Å². The number of Topliss-reactive ketones (excluding diaryl/α,β-unsaturated/α-hetero) is 1. The summed E-state index contributed by atoms with van der Waals surface area (Å²) < 4.78 is 68.0. The number of aliphatic carboxylic acids is 1. The fourth-order valence-corrected chi connectivity index (χ4v) is 8.39. The molecule has 6 aromatic rings. The lowest BCUT2D eigenvalue weighted by Gasteiger charge is -2.24. The number of carbonyl (C=O) groups excluding carboxylic acids is 2. The lowest BCUT2D eigenvalue weighted by Crippen LogP contribution is -2.24. The van der Waals surface area contributed by atoms with E-state index in [0.717, 1.165) is 39.1 Å². The number of aryl methyl sites for hydroxylation is 2. The average Bonchev–Trinajstić information content (AvgIpc) is 3.83. The van der Waals surface area contributed by atoms with Crippen LogP contribution in [0.1, 0.15) is 101 Å². The summed E-state index contributed by atoms with van der Waals surface area (Å²) in [6.07, 6.45) is -1.32. The van der Waals surface area contributed by atoms with Crippen molar-refractivity contribution >= 4 is 62.4 Å². The summed E-state index contributed by atoms with van der Waals surface area (Å²) in [5.41, 5.74) is 6.35. The summed E-state index contributed by atoms with van der Waals surface area (Å²) in [6.45, 7) is 17.9. The van der Waals surface area contributed by atoms with Crippen LogP contribution in [0.15, 0.2) is 58.4 Å². The van der Waals surface area contributed by atoms with E-state index in [1.54, 1.807) is 58.7 Å². The van der Waals surface area contributed by atoms with E-state index < -0.39 is 17.4 Å². The van der Waals surface area contributed by atoms with E-state index in [2.05, 4.69) is 36.3 Å². The van der Waals surface area contributed by atoms with Crippen molar-refractivity contribution < 1.29 is 61.1 Å². The summed E-state index contributed by atoms with van der Waals surface area (Å²) in [6, 6.07) is 10.9. The summed E-state index contributed by atoms with van der Waals surface area (Å²) in [5, 5.41) is 8.24. The highest BCUT2D eigenvalue weighted by atomic mass is 35.5. The third-order valence-electron chi connectivity index (χ3n) is 12.0. The fourth-order valence-electron chi connectivity index (χ4n) is 8.02. The van der Waals surface area contributed by atoms with Gasteiger partial charge in [-0.3, -0.25) is 19.2 Å². The predicted octanol–water partition coefficient (Wildman–Crippen LogP) is 8.68. The molecule has 4 unspecified atom stereocenters. The van der Waals surface area contributed by atoms with Crippen molar-refractivity contribution in [1.29, 1.82) is 0 Å². The van der Waals surface area contributed by atoms with Gasteiger partial charge < -0.3 is 52.6 Å². The molecule has 6 aromatic heterocycles. The fraction of sp³-hybridized carbons (Fsp3) is 0.471. The van der Waals surface area contributed by atoms with E-state index in [4.69, 9.17) is 61.7 Å². The zero-order chi connectivity index (χ0) is 56.3. The van der Waals surface area contributed by atoms with Crippen LogP contribution >= 0.6 is 23.4 Å². The summed E-state index contributed by atoms with van der Waals surface area (Å²) >= 11 is 11.1. The number of rotatable bonds is 21. The first-order valence-electron chi connectivity index (χ1n) is 23.4. The van der Waals surface area contributed by atoms with Crippen LogP contribution < -0.4 is 25.4 Å². The molecule has 6 rings (SSSR count). The van der Waals surface area contributed by atoms with E-state index >= 15 is 0 Å². The molecular weight excluding hydrogens is 1030 g/mol. The normalized spacial score (nSPS) is 12.8. The minimum Gasteiger partial charge on any atom is -0.496 e. The van der Waals surface area contributed by atoms with Gasteiger partial charge in [-0.2, -0.15) is 13.2 Å². The Bertz CT molecular complexity index is 2980. The Morgan fingerprint density at radius 3 is 1.53 bits per heavy atom. The van der Waals surface area contributed by atoms with Gasteiger partial charge >= 0.3 is 12.1 Å². The van der Waals surface area contributed by atoms with Gasteiger partial charge in [0.1, 0.15) is 22.8 Å². The molecule has 0 aliphatic rings. The predicted molar refractivity (Wildman–Crippen MR) is 279 cm³/mol. The second kappa shape index (κ2) is 29.8. The molecule has 0 bridgehead atoms. The molecule has 412 valence electrons. The van der Waals surface area contributed by atoms with Crippen LogP contribution in [0.4, 0.5) is 13.2 Å². The van der Waals surface area contributed by atoms with Crippen LogP contribution in [0.25, 0.3) is 22.1 Å². The van der Waals surface area contributed by atoms with E-state index in [0.29, 0.717) is 65.9 Å². The summed E-state index contributed by atoms with van der Waals surface area (Å²) in [4.78, 5) is 74.7. The van der Waals surface area contributed by atoms with Crippen molar-refractivity contribution in [3.8, 4) is 11.5 Å². The maximum absolute atomic E-state index is 13.4. The molecule has 0 aromatic carbocycles. The summed E-state index contributed by atoms with van der Waals surface area (Å²) in [7, 11) is 6.33. The van der Waals surface area contributed by atoms with Gasteiger partial charge in [-0.25, -0.2) is 19.6 Å². The average molecular weight is 1100 g/mol. The number of aromatic amines is 2. The van der Waals surface area contributed by atoms with E-state index in [1.165, 1.54) is 14.2 Å². The van der Waals surface area contributed by atoms with Crippen molar-refractivity contribution in [3.63, 3.8) is 0 Å². The first kappa shape index (κ1) is 63.2. The highest BCUT2D eigenvalue weighted by molar-refractivity contribution is 6.68. The van der Waals surface area contributed by atoms with Gasteiger partial charge in [0.15, 0.2) is 5.78 Å². The van der Waals surface area contributed by atoms with Crippen molar-refractivity contribution in [2.24, 2.45) is 0 Å². The lowest BCUT2D eigenvalue weighted by molar-refractivity contribution is -0.192. The molecule has 0 aliphatic heterocycles. The monoisotopic (exact) mass is 1100 g/mol. The Labute approximate surface area is 442 Å². The minimum atomic E-state index is -5.08. The number of methoxy groups -OCH3 is 4. The Morgan fingerprint density at radius 1 is 0.720 bits per heavy atom. The Kier molecular flexibility index (Phi) is 25.1. The van der Waals surface area contributed by atoms with Gasteiger partial charge in [0.25, 0.3) is 16.4 Å². The molecule has 0 fully saturated rings. The summed E-state index contributed by atoms with van der Waals surface area (Å²) in [5.74, 6) is -1.74.